The first-order chi connectivity index (χ1) is 15.4. The topological polar surface area (TPSA) is 94.2 Å². The van der Waals surface area contributed by atoms with Gasteiger partial charge in [-0.1, -0.05) is 18.2 Å². The fourth-order valence-corrected chi connectivity index (χ4v) is 4.25. The van der Waals surface area contributed by atoms with Gasteiger partial charge in [-0.25, -0.2) is 9.97 Å². The van der Waals surface area contributed by atoms with Gasteiger partial charge in [0.25, 0.3) is 5.91 Å². The van der Waals surface area contributed by atoms with Crippen LogP contribution >= 0.6 is 0 Å². The Morgan fingerprint density at radius 1 is 1.12 bits per heavy atom. The molecule has 4 rings (SSSR count). The monoisotopic (exact) mass is 431 g/mol. The highest BCUT2D eigenvalue weighted by Gasteiger charge is 2.26. The Morgan fingerprint density at radius 2 is 1.84 bits per heavy atom. The number of anilines is 1. The Bertz CT molecular complexity index is 1090. The highest BCUT2D eigenvalue weighted by Crippen LogP contribution is 2.30. The van der Waals surface area contributed by atoms with E-state index in [0.29, 0.717) is 6.54 Å². The summed E-state index contributed by atoms with van der Waals surface area (Å²) < 4.78 is 5.90. The molecule has 1 fully saturated rings. The lowest BCUT2D eigenvalue weighted by Crippen LogP contribution is -2.41. The fourth-order valence-electron chi connectivity index (χ4n) is 4.25. The molecule has 3 heterocycles. The molecule has 1 saturated heterocycles. The van der Waals surface area contributed by atoms with Crippen molar-refractivity contribution in [2.45, 2.75) is 39.5 Å². The van der Waals surface area contributed by atoms with Gasteiger partial charge >= 0.3 is 0 Å². The van der Waals surface area contributed by atoms with Crippen molar-refractivity contribution in [3.63, 3.8) is 0 Å². The van der Waals surface area contributed by atoms with Crippen molar-refractivity contribution in [1.82, 2.24) is 19.9 Å². The number of hydrogen-bond donors (Lipinski definition) is 1. The second-order valence-corrected chi connectivity index (χ2v) is 8.44. The summed E-state index contributed by atoms with van der Waals surface area (Å²) in [5.41, 5.74) is 11.5. The summed E-state index contributed by atoms with van der Waals surface area (Å²) in [6, 6.07) is 10.1. The van der Waals surface area contributed by atoms with Crippen LogP contribution in [0.5, 0.6) is 5.75 Å². The number of amides is 1. The number of benzene rings is 1. The molecule has 0 spiro atoms. The highest BCUT2D eigenvalue weighted by molar-refractivity contribution is 5.78. The molecule has 7 heteroatoms. The van der Waals surface area contributed by atoms with Crippen LogP contribution in [0.25, 0.3) is 11.1 Å². The van der Waals surface area contributed by atoms with Crippen molar-refractivity contribution in [1.29, 1.82) is 0 Å². The number of carbonyl (C=O) groups excluding carboxylic acids is 1. The Hall–Kier alpha value is -3.48. The molecular formula is C25H29N5O2. The van der Waals surface area contributed by atoms with E-state index in [2.05, 4.69) is 16.0 Å². The minimum absolute atomic E-state index is 0.0113. The minimum atomic E-state index is 0.0113. The van der Waals surface area contributed by atoms with Gasteiger partial charge in [-0.05, 0) is 62.4 Å². The number of ether oxygens (including phenoxy) is 1. The van der Waals surface area contributed by atoms with E-state index >= 15 is 0 Å². The first-order valence-electron chi connectivity index (χ1n) is 10.9. The largest absolute Gasteiger partial charge is 0.483 e. The van der Waals surface area contributed by atoms with Crippen molar-refractivity contribution in [2.75, 3.05) is 25.4 Å². The molecule has 1 aliphatic rings. The SMILES string of the molecule is Cc1cc(-c2cnc(N)nc2)cc(C2CCCN(C(=O)COc3c(C)cccc3C)C2)n1. The molecule has 0 saturated carbocycles. The summed E-state index contributed by atoms with van der Waals surface area (Å²) in [7, 11) is 0. The second kappa shape index (κ2) is 9.34. The van der Waals surface area contributed by atoms with Crippen LogP contribution in [-0.4, -0.2) is 45.5 Å². The van der Waals surface area contributed by atoms with Gasteiger partial charge in [0.2, 0.25) is 5.95 Å². The maximum absolute atomic E-state index is 12.9. The van der Waals surface area contributed by atoms with Gasteiger partial charge in [0.05, 0.1) is 0 Å². The number of likely N-dealkylation sites (tertiary alicyclic amines) is 1. The molecule has 0 bridgehead atoms. The zero-order valence-electron chi connectivity index (χ0n) is 18.8. The smallest absolute Gasteiger partial charge is 0.260 e. The molecule has 3 aromatic rings. The Labute approximate surface area is 188 Å². The number of pyridine rings is 1. The van der Waals surface area contributed by atoms with Crippen LogP contribution in [0.1, 0.15) is 41.3 Å². The van der Waals surface area contributed by atoms with Crippen LogP contribution in [0.3, 0.4) is 0 Å². The average Bonchev–Trinajstić information content (AvgIpc) is 2.79. The van der Waals surface area contributed by atoms with E-state index < -0.39 is 0 Å². The lowest BCUT2D eigenvalue weighted by Gasteiger charge is -2.33. The molecule has 7 nitrogen and oxygen atoms in total. The molecule has 32 heavy (non-hydrogen) atoms. The Morgan fingerprint density at radius 3 is 2.56 bits per heavy atom. The summed E-state index contributed by atoms with van der Waals surface area (Å²) in [6.07, 6.45) is 5.39. The molecule has 0 radical (unpaired) electrons. The molecule has 1 unspecified atom stereocenters. The molecule has 1 atom stereocenters. The van der Waals surface area contributed by atoms with Crippen LogP contribution < -0.4 is 10.5 Å². The third-order valence-electron chi connectivity index (χ3n) is 5.92. The highest BCUT2D eigenvalue weighted by atomic mass is 16.5. The van der Waals surface area contributed by atoms with Crippen molar-refractivity contribution < 1.29 is 9.53 Å². The predicted octanol–water partition coefficient (Wildman–Crippen LogP) is 3.83. The summed E-state index contributed by atoms with van der Waals surface area (Å²) in [5.74, 6) is 1.24. The molecular weight excluding hydrogens is 402 g/mol. The van der Waals surface area contributed by atoms with Gasteiger partial charge < -0.3 is 15.4 Å². The molecule has 2 aromatic heterocycles. The molecule has 2 N–H and O–H groups in total. The van der Waals surface area contributed by atoms with E-state index in [9.17, 15) is 4.79 Å². The third-order valence-corrected chi connectivity index (χ3v) is 5.92. The van der Waals surface area contributed by atoms with Crippen LogP contribution in [0.2, 0.25) is 0 Å². The van der Waals surface area contributed by atoms with Crippen molar-refractivity contribution in [3.05, 3.63) is 65.2 Å². The maximum Gasteiger partial charge on any atom is 0.260 e. The molecule has 1 amide bonds. The predicted molar refractivity (Wildman–Crippen MR) is 124 cm³/mol. The van der Waals surface area contributed by atoms with E-state index in [1.807, 2.05) is 49.9 Å². The first-order valence-corrected chi connectivity index (χ1v) is 10.9. The van der Waals surface area contributed by atoms with Gasteiger partial charge in [-0.2, -0.15) is 0 Å². The average molecular weight is 432 g/mol. The zero-order chi connectivity index (χ0) is 22.7. The number of nitrogens with two attached hydrogens (primary N) is 1. The normalized spacial score (nSPS) is 16.1. The minimum Gasteiger partial charge on any atom is -0.483 e. The van der Waals surface area contributed by atoms with E-state index in [1.54, 1.807) is 12.4 Å². The fraction of sp³-hybridized carbons (Fsp3) is 0.360. The summed E-state index contributed by atoms with van der Waals surface area (Å²) >= 11 is 0. The first kappa shape index (κ1) is 21.7. The number of piperidine rings is 1. The number of nitrogens with zero attached hydrogens (tertiary/aromatic N) is 4. The van der Waals surface area contributed by atoms with Crippen molar-refractivity contribution in [2.24, 2.45) is 0 Å². The third kappa shape index (κ3) is 4.88. The van der Waals surface area contributed by atoms with Gasteiger partial charge in [0, 0.05) is 48.4 Å². The van der Waals surface area contributed by atoms with Crippen LogP contribution in [-0.2, 0) is 4.79 Å². The number of carbonyl (C=O) groups is 1. The Kier molecular flexibility index (Phi) is 6.35. The number of aromatic nitrogens is 3. The van der Waals surface area contributed by atoms with E-state index in [-0.39, 0.29) is 24.4 Å². The lowest BCUT2D eigenvalue weighted by molar-refractivity contribution is -0.134. The van der Waals surface area contributed by atoms with Gasteiger partial charge in [-0.15, -0.1) is 0 Å². The van der Waals surface area contributed by atoms with E-state index in [4.69, 9.17) is 15.5 Å². The lowest BCUT2D eigenvalue weighted by atomic mass is 9.92. The van der Waals surface area contributed by atoms with Gasteiger partial charge in [0.1, 0.15) is 5.75 Å². The van der Waals surface area contributed by atoms with Gasteiger partial charge in [0.15, 0.2) is 6.61 Å². The Balaban J connectivity index is 1.46. The van der Waals surface area contributed by atoms with Crippen LogP contribution in [0, 0.1) is 20.8 Å². The summed E-state index contributed by atoms with van der Waals surface area (Å²) in [6.45, 7) is 7.41. The van der Waals surface area contributed by atoms with Crippen LogP contribution in [0.4, 0.5) is 5.95 Å². The number of nitrogen functional groups attached to an aromatic ring is 1. The molecule has 0 aliphatic carbocycles. The molecule has 166 valence electrons. The van der Waals surface area contributed by atoms with E-state index in [0.717, 1.165) is 58.8 Å². The van der Waals surface area contributed by atoms with Crippen LogP contribution in [0.15, 0.2) is 42.7 Å². The summed E-state index contributed by atoms with van der Waals surface area (Å²) in [5, 5.41) is 0. The summed E-state index contributed by atoms with van der Waals surface area (Å²) in [4.78, 5) is 27.8. The zero-order valence-corrected chi connectivity index (χ0v) is 18.8. The number of aryl methyl sites for hydroxylation is 3. The number of rotatable bonds is 5. The molecule has 1 aromatic carbocycles. The quantitative estimate of drug-likeness (QED) is 0.660. The number of hydrogen-bond acceptors (Lipinski definition) is 6. The molecule has 1 aliphatic heterocycles. The number of para-hydroxylation sites is 1. The standard InChI is InChI=1S/C25H29N5O2/c1-16-6-4-7-17(2)24(16)32-15-23(31)30-9-5-8-19(14-30)22-11-20(10-18(3)29-22)21-12-27-25(26)28-13-21/h4,6-7,10-13,19H,5,8-9,14-15H2,1-3H3,(H2,26,27,28). The van der Waals surface area contributed by atoms with Gasteiger partial charge in [-0.3, -0.25) is 9.78 Å². The van der Waals surface area contributed by atoms with Crippen molar-refractivity contribution in [3.8, 4) is 16.9 Å². The van der Waals surface area contributed by atoms with Crippen molar-refractivity contribution >= 4 is 11.9 Å². The maximum atomic E-state index is 12.9. The van der Waals surface area contributed by atoms with E-state index in [1.165, 1.54) is 0 Å². The second-order valence-electron chi connectivity index (χ2n) is 8.44.